The van der Waals surface area contributed by atoms with Crippen LogP contribution in [0.25, 0.3) is 0 Å². The molecule has 0 spiro atoms. The average Bonchev–Trinajstić information content (AvgIpc) is 2.38. The van der Waals surface area contributed by atoms with Crippen LogP contribution in [0.15, 0.2) is 0 Å². The van der Waals surface area contributed by atoms with Crippen molar-refractivity contribution in [1.29, 1.82) is 0 Å². The number of unbranched alkanes of at least 4 members (excludes halogenated alkanes) is 5. The summed E-state index contributed by atoms with van der Waals surface area (Å²) in [6.45, 7) is 9.62. The first-order valence-corrected chi connectivity index (χ1v) is 7.87. The molecule has 0 fully saturated rings. The molecule has 0 atom stereocenters. The fourth-order valence-electron chi connectivity index (χ4n) is 1.88. The van der Waals surface area contributed by atoms with Crippen molar-refractivity contribution in [2.24, 2.45) is 0 Å². The topological polar surface area (TPSA) is 53.2 Å². The monoisotopic (exact) mass is 271 g/mol. The van der Waals surface area contributed by atoms with Crippen LogP contribution in [0.1, 0.15) is 59.3 Å². The lowest BCUT2D eigenvalue weighted by Crippen LogP contribution is -2.34. The number of carbonyl (C=O) groups is 1. The van der Waals surface area contributed by atoms with Gasteiger partial charge in [0.25, 0.3) is 0 Å². The van der Waals surface area contributed by atoms with E-state index in [1.54, 1.807) is 0 Å². The Labute approximate surface area is 119 Å². The van der Waals surface area contributed by atoms with E-state index in [-0.39, 0.29) is 5.91 Å². The van der Waals surface area contributed by atoms with Crippen molar-refractivity contribution in [3.8, 4) is 0 Å². The summed E-state index contributed by atoms with van der Waals surface area (Å²) in [5, 5.41) is 9.38. The SMILES string of the molecule is CCNCC(=O)NCCCCCCCCNC(C)C. The minimum absolute atomic E-state index is 0.113. The quantitative estimate of drug-likeness (QED) is 0.449. The van der Waals surface area contributed by atoms with Gasteiger partial charge in [-0.3, -0.25) is 4.79 Å². The maximum absolute atomic E-state index is 11.3. The van der Waals surface area contributed by atoms with Gasteiger partial charge in [0, 0.05) is 12.6 Å². The van der Waals surface area contributed by atoms with Crippen LogP contribution < -0.4 is 16.0 Å². The minimum Gasteiger partial charge on any atom is -0.355 e. The van der Waals surface area contributed by atoms with Crippen molar-refractivity contribution < 1.29 is 4.79 Å². The van der Waals surface area contributed by atoms with E-state index in [0.29, 0.717) is 12.6 Å². The highest BCUT2D eigenvalue weighted by Gasteiger charge is 1.98. The van der Waals surface area contributed by atoms with Gasteiger partial charge in [-0.1, -0.05) is 46.5 Å². The van der Waals surface area contributed by atoms with Gasteiger partial charge in [-0.05, 0) is 25.9 Å². The number of likely N-dealkylation sites (N-methyl/N-ethyl adjacent to an activating group) is 1. The van der Waals surface area contributed by atoms with E-state index in [9.17, 15) is 4.79 Å². The number of amides is 1. The number of hydrogen-bond donors (Lipinski definition) is 3. The van der Waals surface area contributed by atoms with E-state index in [0.717, 1.165) is 26.1 Å². The molecular weight excluding hydrogens is 238 g/mol. The van der Waals surface area contributed by atoms with E-state index in [4.69, 9.17) is 0 Å². The molecule has 0 aliphatic heterocycles. The summed E-state index contributed by atoms with van der Waals surface area (Å²) >= 11 is 0. The summed E-state index contributed by atoms with van der Waals surface area (Å²) in [5.41, 5.74) is 0. The number of rotatable bonds is 13. The fraction of sp³-hybridized carbons (Fsp3) is 0.933. The van der Waals surface area contributed by atoms with Crippen LogP contribution in [0, 0.1) is 0 Å². The van der Waals surface area contributed by atoms with Crippen molar-refractivity contribution in [2.75, 3.05) is 26.2 Å². The first-order valence-electron chi connectivity index (χ1n) is 7.87. The zero-order chi connectivity index (χ0) is 14.3. The number of hydrogen-bond acceptors (Lipinski definition) is 3. The Hall–Kier alpha value is -0.610. The summed E-state index contributed by atoms with van der Waals surface area (Å²) < 4.78 is 0. The number of carbonyl (C=O) groups excluding carboxylic acids is 1. The minimum atomic E-state index is 0.113. The maximum Gasteiger partial charge on any atom is 0.233 e. The van der Waals surface area contributed by atoms with Crippen molar-refractivity contribution in [3.05, 3.63) is 0 Å². The molecule has 4 heteroatoms. The van der Waals surface area contributed by atoms with E-state index >= 15 is 0 Å². The molecule has 0 rings (SSSR count). The van der Waals surface area contributed by atoms with Crippen LogP contribution >= 0.6 is 0 Å². The molecule has 4 nitrogen and oxygen atoms in total. The first-order chi connectivity index (χ1) is 9.16. The van der Waals surface area contributed by atoms with E-state index < -0.39 is 0 Å². The molecule has 0 heterocycles. The predicted octanol–water partition coefficient (Wildman–Crippen LogP) is 2.05. The molecule has 0 aromatic rings. The Bertz CT molecular complexity index is 208. The second kappa shape index (κ2) is 13.8. The molecule has 0 saturated heterocycles. The molecule has 114 valence electrons. The van der Waals surface area contributed by atoms with E-state index in [1.165, 1.54) is 32.1 Å². The molecular formula is C15H33N3O. The lowest BCUT2D eigenvalue weighted by Gasteiger charge is -2.07. The van der Waals surface area contributed by atoms with E-state index in [2.05, 4.69) is 29.8 Å². The highest BCUT2D eigenvalue weighted by molar-refractivity contribution is 5.77. The second-order valence-electron chi connectivity index (χ2n) is 5.36. The molecule has 0 aliphatic rings. The van der Waals surface area contributed by atoms with Crippen LogP contribution in [0.5, 0.6) is 0 Å². The Kier molecular flexibility index (Phi) is 13.4. The summed E-state index contributed by atoms with van der Waals surface area (Å²) in [5.74, 6) is 0.113. The molecule has 0 aromatic heterocycles. The fourth-order valence-corrected chi connectivity index (χ4v) is 1.88. The van der Waals surface area contributed by atoms with Crippen molar-refractivity contribution in [3.63, 3.8) is 0 Å². The molecule has 0 unspecified atom stereocenters. The third-order valence-electron chi connectivity index (χ3n) is 3.01. The predicted molar refractivity (Wildman–Crippen MR) is 82.4 cm³/mol. The molecule has 0 aromatic carbocycles. The third kappa shape index (κ3) is 15.3. The maximum atomic E-state index is 11.3. The van der Waals surface area contributed by atoms with Gasteiger partial charge in [0.05, 0.1) is 6.54 Å². The van der Waals surface area contributed by atoms with Gasteiger partial charge in [-0.25, -0.2) is 0 Å². The zero-order valence-corrected chi connectivity index (χ0v) is 13.1. The van der Waals surface area contributed by atoms with Crippen molar-refractivity contribution in [2.45, 2.75) is 65.3 Å². The van der Waals surface area contributed by atoms with Crippen LogP contribution in [0.3, 0.4) is 0 Å². The Morgan fingerprint density at radius 1 is 0.947 bits per heavy atom. The van der Waals surface area contributed by atoms with E-state index in [1.807, 2.05) is 6.92 Å². The largest absolute Gasteiger partial charge is 0.355 e. The van der Waals surface area contributed by atoms with Gasteiger partial charge in [-0.15, -0.1) is 0 Å². The number of nitrogens with one attached hydrogen (secondary N) is 3. The first kappa shape index (κ1) is 18.4. The highest BCUT2D eigenvalue weighted by atomic mass is 16.1. The van der Waals surface area contributed by atoms with Crippen molar-refractivity contribution in [1.82, 2.24) is 16.0 Å². The lowest BCUT2D eigenvalue weighted by atomic mass is 10.1. The molecule has 0 saturated carbocycles. The summed E-state index contributed by atoms with van der Waals surface area (Å²) in [4.78, 5) is 11.3. The van der Waals surface area contributed by atoms with Crippen molar-refractivity contribution >= 4 is 5.91 Å². The van der Waals surface area contributed by atoms with Crippen LogP contribution in [0.2, 0.25) is 0 Å². The van der Waals surface area contributed by atoms with Gasteiger partial charge in [-0.2, -0.15) is 0 Å². The summed E-state index contributed by atoms with van der Waals surface area (Å²) in [6, 6.07) is 0.603. The summed E-state index contributed by atoms with van der Waals surface area (Å²) in [7, 11) is 0. The normalized spacial score (nSPS) is 10.9. The van der Waals surface area contributed by atoms with Crippen LogP contribution in [-0.4, -0.2) is 38.1 Å². The molecule has 19 heavy (non-hydrogen) atoms. The van der Waals surface area contributed by atoms with Crippen LogP contribution in [0.4, 0.5) is 0 Å². The highest BCUT2D eigenvalue weighted by Crippen LogP contribution is 2.04. The van der Waals surface area contributed by atoms with Gasteiger partial charge in [0.2, 0.25) is 5.91 Å². The Morgan fingerprint density at radius 2 is 1.53 bits per heavy atom. The second-order valence-corrected chi connectivity index (χ2v) is 5.36. The van der Waals surface area contributed by atoms with Gasteiger partial charge < -0.3 is 16.0 Å². The Balaban J connectivity index is 3.08. The average molecular weight is 271 g/mol. The Morgan fingerprint density at radius 3 is 2.11 bits per heavy atom. The van der Waals surface area contributed by atoms with Crippen LogP contribution in [-0.2, 0) is 4.79 Å². The van der Waals surface area contributed by atoms with Gasteiger partial charge in [0.1, 0.15) is 0 Å². The zero-order valence-electron chi connectivity index (χ0n) is 13.1. The molecule has 0 bridgehead atoms. The molecule has 1 amide bonds. The van der Waals surface area contributed by atoms with Gasteiger partial charge in [0.15, 0.2) is 0 Å². The lowest BCUT2D eigenvalue weighted by molar-refractivity contribution is -0.120. The molecule has 0 aliphatic carbocycles. The molecule has 0 radical (unpaired) electrons. The standard InChI is InChI=1S/C15H33N3O/c1-4-16-13-15(19)18-12-10-8-6-5-7-9-11-17-14(2)3/h14,16-17H,4-13H2,1-3H3,(H,18,19). The molecule has 3 N–H and O–H groups in total. The smallest absolute Gasteiger partial charge is 0.233 e. The van der Waals surface area contributed by atoms with Gasteiger partial charge >= 0.3 is 0 Å². The summed E-state index contributed by atoms with van der Waals surface area (Å²) in [6.07, 6.45) is 7.50. The third-order valence-corrected chi connectivity index (χ3v) is 3.01.